The number of carboxylic acids is 2. The third kappa shape index (κ3) is 7.84. The van der Waals surface area contributed by atoms with Crippen LogP contribution >= 0.6 is 34.7 Å². The van der Waals surface area contributed by atoms with Gasteiger partial charge in [0, 0.05) is 35.2 Å². The van der Waals surface area contributed by atoms with Crippen molar-refractivity contribution in [1.29, 1.82) is 0 Å². The van der Waals surface area contributed by atoms with Gasteiger partial charge in [0.05, 0.1) is 35.5 Å². The number of hydrogen-bond acceptors (Lipinski definition) is 14. The molecule has 3 aromatic heterocycles. The second-order valence-electron chi connectivity index (χ2n) is 13.7. The molecule has 7 rings (SSSR count). The number of aromatic nitrogens is 4. The lowest BCUT2D eigenvalue weighted by atomic mass is 10.0. The van der Waals surface area contributed by atoms with E-state index in [9.17, 15) is 29.4 Å². The first-order valence-electron chi connectivity index (χ1n) is 17.3. The minimum Gasteiger partial charge on any atom is -0.543 e. The van der Waals surface area contributed by atoms with Crippen molar-refractivity contribution < 1.29 is 48.0 Å². The Morgan fingerprint density at radius 2 is 2.07 bits per heavy atom. The summed E-state index contributed by atoms with van der Waals surface area (Å²) in [6, 6.07) is 3.35. The van der Waals surface area contributed by atoms with Gasteiger partial charge in [-0.3, -0.25) is 14.5 Å². The number of carbonyl (C=O) groups is 4. The molecule has 23 heteroatoms. The number of amidine groups is 1. The lowest BCUT2D eigenvalue weighted by molar-refractivity contribution is -0.662. The molecule has 0 spiro atoms. The zero-order valence-corrected chi connectivity index (χ0v) is 32.6. The molecular weight excluding hydrogens is 809 g/mol. The Balaban J connectivity index is 1.06. The number of fused-ring (bicyclic) bond motifs is 2. The molecule has 1 aromatic carbocycles. The van der Waals surface area contributed by atoms with E-state index in [2.05, 4.69) is 25.9 Å². The van der Waals surface area contributed by atoms with E-state index >= 15 is 4.39 Å². The highest BCUT2D eigenvalue weighted by molar-refractivity contribution is 8.00. The summed E-state index contributed by atoms with van der Waals surface area (Å²) in [5.74, 6) is -5.00. The minimum absolute atomic E-state index is 0.00614. The van der Waals surface area contributed by atoms with Gasteiger partial charge >= 0.3 is 11.6 Å². The minimum atomic E-state index is -1.81. The number of rotatable bonds is 14. The van der Waals surface area contributed by atoms with Crippen molar-refractivity contribution in [2.45, 2.75) is 56.5 Å². The number of anilines is 1. The van der Waals surface area contributed by atoms with Gasteiger partial charge in [-0.1, -0.05) is 21.9 Å². The highest BCUT2D eigenvalue weighted by atomic mass is 35.5. The molecule has 7 N–H and O–H groups in total. The van der Waals surface area contributed by atoms with E-state index in [0.29, 0.717) is 17.8 Å². The molecule has 6 heterocycles. The van der Waals surface area contributed by atoms with Crippen LogP contribution in [0.3, 0.4) is 0 Å². The van der Waals surface area contributed by atoms with Crippen LogP contribution in [0.2, 0.25) is 5.02 Å². The number of amides is 2. The van der Waals surface area contributed by atoms with E-state index in [0.717, 1.165) is 29.2 Å². The number of carboxylic acid groups (broad SMARTS) is 2. The van der Waals surface area contributed by atoms with Crippen LogP contribution in [-0.4, -0.2) is 101 Å². The molecule has 1 unspecified atom stereocenters. The Hall–Kier alpha value is -5.71. The number of carbonyl (C=O) groups excluding carboxylic acids is 3. The van der Waals surface area contributed by atoms with Crippen LogP contribution in [0, 0.1) is 5.82 Å². The number of nitrogens with two attached hydrogens (primary N) is 2. The number of oxime groups is 2. The topological polar surface area (TPSA) is 260 Å². The summed E-state index contributed by atoms with van der Waals surface area (Å²) in [5, 5.41) is 36.2. The first kappa shape index (κ1) is 39.5. The maximum absolute atomic E-state index is 15.4. The first-order valence-corrected chi connectivity index (χ1v) is 19.6. The number of benzene rings is 1. The fraction of sp³-hybridized carbons (Fsp3) is 0.353. The van der Waals surface area contributed by atoms with E-state index in [1.165, 1.54) is 43.1 Å². The van der Waals surface area contributed by atoms with Crippen molar-refractivity contribution in [3.63, 3.8) is 0 Å². The van der Waals surface area contributed by atoms with Gasteiger partial charge in [-0.15, -0.1) is 27.6 Å². The zero-order valence-electron chi connectivity index (χ0n) is 30.2. The van der Waals surface area contributed by atoms with Crippen molar-refractivity contribution in [3.05, 3.63) is 81.1 Å². The monoisotopic (exact) mass is 843 g/mol. The van der Waals surface area contributed by atoms with Crippen molar-refractivity contribution in [2.75, 3.05) is 24.6 Å². The molecule has 3 aliphatic heterocycles. The molecule has 57 heavy (non-hydrogen) atoms. The predicted molar refractivity (Wildman–Crippen MR) is 202 cm³/mol. The van der Waals surface area contributed by atoms with E-state index in [4.69, 9.17) is 32.7 Å². The lowest BCUT2D eigenvalue weighted by Gasteiger charge is -2.50. The van der Waals surface area contributed by atoms with E-state index in [-0.39, 0.29) is 63.5 Å². The summed E-state index contributed by atoms with van der Waals surface area (Å²) in [7, 11) is 0. The summed E-state index contributed by atoms with van der Waals surface area (Å²) in [6.07, 6.45) is 5.80. The summed E-state index contributed by atoms with van der Waals surface area (Å²) in [6.45, 7) is 4.01. The lowest BCUT2D eigenvalue weighted by Crippen LogP contribution is -2.71. The number of thiazole rings is 1. The Kier molecular flexibility index (Phi) is 10.9. The van der Waals surface area contributed by atoms with Crippen LogP contribution in [0.15, 0.2) is 63.8 Å². The Bertz CT molecular complexity index is 2360. The molecule has 0 radical (unpaired) electrons. The number of halogens is 2. The third-order valence-corrected chi connectivity index (χ3v) is 11.8. The first-order chi connectivity index (χ1) is 27.1. The molecule has 3 aliphatic rings. The number of imidazole rings is 1. The number of nitrogen functional groups attached to an aromatic ring is 1. The number of aliphatic carboxylic acids is 2. The fourth-order valence-corrected chi connectivity index (χ4v) is 8.43. The molecule has 2 amide bonds. The van der Waals surface area contributed by atoms with Gasteiger partial charge in [0.25, 0.3) is 11.8 Å². The van der Waals surface area contributed by atoms with Crippen molar-refractivity contribution in [1.82, 2.24) is 29.7 Å². The second kappa shape index (κ2) is 15.7. The van der Waals surface area contributed by atoms with Gasteiger partial charge in [-0.2, -0.15) is 0 Å². The summed E-state index contributed by atoms with van der Waals surface area (Å²) in [4.78, 5) is 66.6. The van der Waals surface area contributed by atoms with Crippen LogP contribution in [0.1, 0.15) is 37.1 Å². The molecule has 0 aliphatic carbocycles. The summed E-state index contributed by atoms with van der Waals surface area (Å²) >= 11 is 8.76. The van der Waals surface area contributed by atoms with Crippen molar-refractivity contribution in [3.8, 4) is 0 Å². The molecule has 19 nitrogen and oxygen atoms in total. The molecule has 0 saturated carbocycles. The second-order valence-corrected chi connectivity index (χ2v) is 16.1. The number of nitrogens with one attached hydrogen (secondary N) is 2. The normalized spacial score (nSPS) is 20.1. The molecule has 3 atom stereocenters. The highest BCUT2D eigenvalue weighted by Crippen LogP contribution is 2.40. The Morgan fingerprint density at radius 3 is 2.74 bits per heavy atom. The van der Waals surface area contributed by atoms with Gasteiger partial charge in [0.15, 0.2) is 22.9 Å². The van der Waals surface area contributed by atoms with Crippen LogP contribution in [0.4, 0.5) is 9.52 Å². The molecule has 4 aromatic rings. The van der Waals surface area contributed by atoms with E-state index in [1.807, 2.05) is 0 Å². The van der Waals surface area contributed by atoms with Crippen molar-refractivity contribution >= 4 is 80.8 Å². The maximum atomic E-state index is 15.4. The molecule has 0 bridgehead atoms. The van der Waals surface area contributed by atoms with Crippen molar-refractivity contribution in [2.24, 2.45) is 16.0 Å². The smallest absolute Gasteiger partial charge is 0.350 e. The number of nitrogens with zero attached hydrogens (tertiary/aromatic N) is 7. The standard InChI is InChI=1S/C34H35ClFN11O8S2/c1-34(2,32(52)53)55-42-24(22-15-57-33(38)40-22)28(48)41-25-29(49)47-26(31(50)51)17(14-56-30(25)47)12-45-6-4-23-44(7-8-46(23)45)13-19-20(35)9-16(10-21(19)36)27(37)43-54-18-3-5-39-11-18/h4,6-10,15,18,25,30,39H,3,5,11-14H2,1-2H3,(H6-,37,38,40,41,43,48,50,51,52,53)/b42-24-/t18?,25-,30-/m1/s1. The van der Waals surface area contributed by atoms with Crippen LogP contribution in [-0.2, 0) is 41.9 Å². The van der Waals surface area contributed by atoms with Gasteiger partial charge < -0.3 is 46.8 Å². The quantitative estimate of drug-likeness (QED) is 0.0356. The SMILES string of the molecule is CC(C)(O/N=C(\C(=O)N[C@@H]1C(=O)N2C(C(=O)[O-])=C(Cn3ccc4n3cc[n+]4Cc3c(F)cc(/C(N)=N/OC4CCNC4)cc3Cl)CS[C@H]12)c1csc(N)n1)C(=O)O. The molecule has 2 fully saturated rings. The Morgan fingerprint density at radius 1 is 1.28 bits per heavy atom. The Labute approximate surface area is 335 Å². The summed E-state index contributed by atoms with van der Waals surface area (Å²) in [5.41, 5.74) is 10.7. The maximum Gasteiger partial charge on any atom is 0.350 e. The third-order valence-electron chi connectivity index (χ3n) is 9.41. The fourth-order valence-electron chi connectivity index (χ4n) is 6.28. The largest absolute Gasteiger partial charge is 0.543 e. The predicted octanol–water partition coefficient (Wildman–Crippen LogP) is -0.405. The van der Waals surface area contributed by atoms with Crippen LogP contribution in [0.25, 0.3) is 5.65 Å². The number of β-lactam (4-membered cyclic amide) rings is 1. The van der Waals surface area contributed by atoms with Crippen LogP contribution in [0.5, 0.6) is 0 Å². The van der Waals surface area contributed by atoms with Gasteiger partial charge in [0.1, 0.15) is 41.8 Å². The molecular formula is C34H35ClFN11O8S2. The number of thioether (sulfide) groups is 1. The zero-order chi connectivity index (χ0) is 40.8. The van der Waals surface area contributed by atoms with E-state index < -0.39 is 52.3 Å². The average molecular weight is 844 g/mol. The molecule has 300 valence electrons. The number of hydrogen-bond donors (Lipinski definition) is 5. The average Bonchev–Trinajstić information content (AvgIpc) is 3.99. The van der Waals surface area contributed by atoms with Gasteiger partial charge in [0.2, 0.25) is 5.60 Å². The van der Waals surface area contributed by atoms with E-state index in [1.54, 1.807) is 38.4 Å². The summed E-state index contributed by atoms with van der Waals surface area (Å²) < 4.78 is 20.6. The van der Waals surface area contributed by atoms with Gasteiger partial charge in [-0.05, 0) is 38.1 Å². The molecule has 2 saturated heterocycles. The highest BCUT2D eigenvalue weighted by Gasteiger charge is 2.53. The van der Waals surface area contributed by atoms with Crippen LogP contribution < -0.4 is 31.8 Å². The van der Waals surface area contributed by atoms with Gasteiger partial charge in [-0.25, -0.2) is 23.4 Å².